The monoisotopic (exact) mass is 273 g/mol. The molecular weight excluding hydrogens is 258 g/mol. The Bertz CT molecular complexity index is 565. The van der Waals surface area contributed by atoms with Gasteiger partial charge in [0.1, 0.15) is 5.75 Å². The van der Waals surface area contributed by atoms with Crippen LogP contribution in [0.1, 0.15) is 34.1 Å². The van der Waals surface area contributed by atoms with Crippen molar-refractivity contribution in [2.45, 2.75) is 18.9 Å². The van der Waals surface area contributed by atoms with Crippen molar-refractivity contribution < 1.29 is 9.53 Å². The van der Waals surface area contributed by atoms with Crippen molar-refractivity contribution >= 4 is 17.2 Å². The molecule has 1 aliphatic heterocycles. The Morgan fingerprint density at radius 3 is 3.00 bits per heavy atom. The molecule has 4 heteroatoms. The summed E-state index contributed by atoms with van der Waals surface area (Å²) in [5.74, 6) is 0.883. The number of fused-ring (bicyclic) bond motifs is 1. The van der Waals surface area contributed by atoms with Crippen molar-refractivity contribution in [1.82, 2.24) is 5.32 Å². The van der Waals surface area contributed by atoms with Gasteiger partial charge in [0.2, 0.25) is 0 Å². The molecule has 1 amide bonds. The lowest BCUT2D eigenvalue weighted by atomic mass is 10.0. The van der Waals surface area contributed by atoms with Crippen molar-refractivity contribution in [3.63, 3.8) is 0 Å². The highest BCUT2D eigenvalue weighted by Gasteiger charge is 2.21. The van der Waals surface area contributed by atoms with Crippen LogP contribution in [0.15, 0.2) is 41.8 Å². The average Bonchev–Trinajstić information content (AvgIpc) is 2.90. The molecule has 1 aromatic heterocycles. The van der Waals surface area contributed by atoms with E-state index in [1.165, 1.54) is 11.3 Å². The van der Waals surface area contributed by atoms with Crippen LogP contribution in [0.5, 0.6) is 5.75 Å². The van der Waals surface area contributed by atoms with Gasteiger partial charge in [0.15, 0.2) is 0 Å². The van der Waals surface area contributed by atoms with Gasteiger partial charge in [-0.05, 0) is 30.4 Å². The minimum Gasteiger partial charge on any atom is -0.493 e. The van der Waals surface area contributed by atoms with Gasteiger partial charge in [-0.15, -0.1) is 11.3 Å². The summed E-state index contributed by atoms with van der Waals surface area (Å²) in [6.07, 6.45) is 1.86. The maximum absolute atomic E-state index is 12.2. The van der Waals surface area contributed by atoms with Crippen LogP contribution in [0.2, 0.25) is 0 Å². The normalized spacial score (nSPS) is 18.0. The third-order valence-corrected chi connectivity index (χ3v) is 4.11. The molecule has 1 aliphatic rings. The fraction of sp³-hybridized carbons (Fsp3) is 0.267. The topological polar surface area (TPSA) is 38.3 Å². The van der Waals surface area contributed by atoms with Crippen molar-refractivity contribution in [2.24, 2.45) is 0 Å². The van der Waals surface area contributed by atoms with E-state index in [-0.39, 0.29) is 11.9 Å². The largest absolute Gasteiger partial charge is 0.493 e. The van der Waals surface area contributed by atoms with Gasteiger partial charge in [-0.1, -0.05) is 24.3 Å². The molecule has 3 rings (SSSR count). The lowest BCUT2D eigenvalue weighted by Gasteiger charge is -2.17. The number of rotatable bonds is 2. The number of ether oxygens (including phenoxy) is 1. The molecule has 0 saturated carbocycles. The van der Waals surface area contributed by atoms with E-state index >= 15 is 0 Å². The number of thiophene rings is 1. The zero-order valence-electron chi connectivity index (χ0n) is 10.5. The molecular formula is C15H15NO2S. The van der Waals surface area contributed by atoms with Gasteiger partial charge < -0.3 is 10.1 Å². The van der Waals surface area contributed by atoms with Crippen LogP contribution < -0.4 is 10.1 Å². The molecule has 0 radical (unpaired) electrons. The van der Waals surface area contributed by atoms with Gasteiger partial charge >= 0.3 is 0 Å². The molecule has 0 spiro atoms. The van der Waals surface area contributed by atoms with E-state index in [0.29, 0.717) is 6.61 Å². The number of carbonyl (C=O) groups excluding carboxylic acids is 1. The van der Waals surface area contributed by atoms with Gasteiger partial charge in [-0.2, -0.15) is 0 Å². The van der Waals surface area contributed by atoms with Crippen molar-refractivity contribution in [2.75, 3.05) is 6.61 Å². The molecule has 98 valence electrons. The molecule has 2 heterocycles. The summed E-state index contributed by atoms with van der Waals surface area (Å²) < 4.78 is 5.70. The molecule has 0 aliphatic carbocycles. The van der Waals surface area contributed by atoms with E-state index in [2.05, 4.69) is 5.32 Å². The van der Waals surface area contributed by atoms with Crippen LogP contribution >= 0.6 is 11.3 Å². The van der Waals surface area contributed by atoms with Crippen molar-refractivity contribution in [1.29, 1.82) is 0 Å². The number of carbonyl (C=O) groups is 1. The van der Waals surface area contributed by atoms with Crippen molar-refractivity contribution in [3.05, 3.63) is 52.2 Å². The van der Waals surface area contributed by atoms with Crippen LogP contribution in [-0.2, 0) is 0 Å². The quantitative estimate of drug-likeness (QED) is 0.910. The number of nitrogens with one attached hydrogen (secondary N) is 1. The summed E-state index contributed by atoms with van der Waals surface area (Å²) in [6.45, 7) is 0.711. The van der Waals surface area contributed by atoms with Crippen LogP contribution in [0.4, 0.5) is 0 Å². The molecule has 0 saturated heterocycles. The fourth-order valence-corrected chi connectivity index (χ4v) is 2.94. The van der Waals surface area contributed by atoms with Crippen LogP contribution in [0.3, 0.4) is 0 Å². The number of hydrogen-bond acceptors (Lipinski definition) is 3. The number of benzene rings is 1. The predicted octanol–water partition coefficient (Wildman–Crippen LogP) is 3.39. The minimum absolute atomic E-state index is 0.00305. The van der Waals surface area contributed by atoms with Gasteiger partial charge in [-0.3, -0.25) is 4.79 Å². The Hall–Kier alpha value is -1.81. The summed E-state index contributed by atoms with van der Waals surface area (Å²) in [7, 11) is 0. The highest BCUT2D eigenvalue weighted by molar-refractivity contribution is 7.12. The lowest BCUT2D eigenvalue weighted by Crippen LogP contribution is -2.27. The fourth-order valence-electron chi connectivity index (χ4n) is 2.31. The van der Waals surface area contributed by atoms with Gasteiger partial charge in [0.25, 0.3) is 5.91 Å². The molecule has 0 bridgehead atoms. The Morgan fingerprint density at radius 1 is 1.26 bits per heavy atom. The Labute approximate surface area is 116 Å². The first-order chi connectivity index (χ1) is 9.34. The second-order valence-electron chi connectivity index (χ2n) is 4.53. The summed E-state index contributed by atoms with van der Waals surface area (Å²) in [5, 5.41) is 5.02. The van der Waals surface area contributed by atoms with Crippen molar-refractivity contribution in [3.8, 4) is 5.75 Å². The maximum Gasteiger partial charge on any atom is 0.261 e. The molecule has 3 nitrogen and oxygen atoms in total. The second kappa shape index (κ2) is 5.45. The average molecular weight is 273 g/mol. The molecule has 1 aromatic carbocycles. The molecule has 1 unspecified atom stereocenters. The molecule has 0 fully saturated rings. The van der Waals surface area contributed by atoms with E-state index in [4.69, 9.17) is 4.74 Å². The Kier molecular flexibility index (Phi) is 3.51. The van der Waals surface area contributed by atoms with E-state index in [1.807, 2.05) is 41.8 Å². The SMILES string of the molecule is O=C(NC1CCCOc2ccccc21)c1cccs1. The summed E-state index contributed by atoms with van der Waals surface area (Å²) in [4.78, 5) is 12.9. The molecule has 1 N–H and O–H groups in total. The lowest BCUT2D eigenvalue weighted by molar-refractivity contribution is 0.0939. The third kappa shape index (κ3) is 2.63. The Morgan fingerprint density at radius 2 is 2.16 bits per heavy atom. The molecule has 1 atom stereocenters. The first-order valence-electron chi connectivity index (χ1n) is 6.41. The van der Waals surface area contributed by atoms with Gasteiger partial charge in [-0.25, -0.2) is 0 Å². The summed E-state index contributed by atoms with van der Waals surface area (Å²) in [6, 6.07) is 11.7. The minimum atomic E-state index is -0.00305. The summed E-state index contributed by atoms with van der Waals surface area (Å²) >= 11 is 1.46. The number of hydrogen-bond donors (Lipinski definition) is 1. The van der Waals surface area contributed by atoms with E-state index in [1.54, 1.807) is 0 Å². The zero-order valence-corrected chi connectivity index (χ0v) is 11.3. The zero-order chi connectivity index (χ0) is 13.1. The first-order valence-corrected chi connectivity index (χ1v) is 7.28. The van der Waals surface area contributed by atoms with Gasteiger partial charge in [0, 0.05) is 5.56 Å². The maximum atomic E-state index is 12.2. The van der Waals surface area contributed by atoms with Crippen LogP contribution in [0.25, 0.3) is 0 Å². The van der Waals surface area contributed by atoms with Gasteiger partial charge in [0.05, 0.1) is 17.5 Å². The number of amides is 1. The van der Waals surface area contributed by atoms with Crippen LogP contribution in [-0.4, -0.2) is 12.5 Å². The molecule has 2 aromatic rings. The Balaban J connectivity index is 1.83. The standard InChI is InChI=1S/C15H15NO2S/c17-15(14-8-4-10-19-14)16-12-6-3-9-18-13-7-2-1-5-11(12)13/h1-2,4-5,7-8,10,12H,3,6,9H2,(H,16,17). The third-order valence-electron chi connectivity index (χ3n) is 3.24. The smallest absolute Gasteiger partial charge is 0.261 e. The highest BCUT2D eigenvalue weighted by atomic mass is 32.1. The van der Waals surface area contributed by atoms with E-state index in [9.17, 15) is 4.79 Å². The molecule has 19 heavy (non-hydrogen) atoms. The van der Waals surface area contributed by atoms with Crippen LogP contribution in [0, 0.1) is 0 Å². The highest BCUT2D eigenvalue weighted by Crippen LogP contribution is 2.31. The summed E-state index contributed by atoms with van der Waals surface area (Å²) in [5.41, 5.74) is 1.07. The van der Waals surface area contributed by atoms with E-state index < -0.39 is 0 Å². The second-order valence-corrected chi connectivity index (χ2v) is 5.48. The first kappa shape index (κ1) is 12.2. The van der Waals surface area contributed by atoms with E-state index in [0.717, 1.165) is 29.0 Å². The predicted molar refractivity (Wildman–Crippen MR) is 75.7 cm³/mol. The number of para-hydroxylation sites is 1.